The van der Waals surface area contributed by atoms with Gasteiger partial charge in [0.15, 0.2) is 0 Å². The molecular formula is C31H35ClN2O4. The predicted molar refractivity (Wildman–Crippen MR) is 150 cm³/mol. The van der Waals surface area contributed by atoms with Crippen LogP contribution < -0.4 is 0 Å². The van der Waals surface area contributed by atoms with E-state index in [1.807, 2.05) is 52.0 Å². The van der Waals surface area contributed by atoms with Crippen LogP contribution in [-0.4, -0.2) is 33.5 Å². The van der Waals surface area contributed by atoms with E-state index < -0.39 is 23.4 Å². The summed E-state index contributed by atoms with van der Waals surface area (Å²) in [5.41, 5.74) is 4.07. The third-order valence-corrected chi connectivity index (χ3v) is 6.38. The number of rotatable bonds is 5. The number of hydrogen-bond acceptors (Lipinski definition) is 4. The zero-order valence-corrected chi connectivity index (χ0v) is 23.8. The number of ether oxygens (including phenoxy) is 1. The van der Waals surface area contributed by atoms with Gasteiger partial charge in [-0.2, -0.15) is 0 Å². The maximum absolute atomic E-state index is 13.9. The van der Waals surface area contributed by atoms with Crippen molar-refractivity contribution in [3.8, 4) is 0 Å². The largest absolute Gasteiger partial charge is 0.443 e. The molecular weight excluding hydrogens is 500 g/mol. The lowest BCUT2D eigenvalue weighted by molar-refractivity contribution is -0.0410. The summed E-state index contributed by atoms with van der Waals surface area (Å²) in [6.07, 6.45) is -0.171. The van der Waals surface area contributed by atoms with E-state index in [0.29, 0.717) is 16.1 Å². The first kappa shape index (κ1) is 28.9. The summed E-state index contributed by atoms with van der Waals surface area (Å²) < 4.78 is 5.60. The second-order valence-electron chi connectivity index (χ2n) is 10.5. The fourth-order valence-corrected chi connectivity index (χ4v) is 4.44. The molecule has 3 aromatic rings. The highest BCUT2D eigenvalue weighted by atomic mass is 35.5. The fraction of sp³-hybridized carbons (Fsp3) is 0.323. The van der Waals surface area contributed by atoms with E-state index in [1.54, 1.807) is 57.2 Å². The molecule has 0 saturated heterocycles. The van der Waals surface area contributed by atoms with Crippen LogP contribution >= 0.6 is 11.6 Å². The smallest absolute Gasteiger partial charge is 0.436 e. The molecule has 3 rings (SSSR count). The van der Waals surface area contributed by atoms with Crippen LogP contribution in [0.15, 0.2) is 60.7 Å². The summed E-state index contributed by atoms with van der Waals surface area (Å²) in [5, 5.41) is 2.43. The number of benzene rings is 3. The molecule has 0 spiro atoms. The molecule has 0 heterocycles. The van der Waals surface area contributed by atoms with E-state index in [-0.39, 0.29) is 12.2 Å². The maximum Gasteiger partial charge on any atom is 0.436 e. The van der Waals surface area contributed by atoms with Gasteiger partial charge in [0.25, 0.3) is 11.8 Å². The molecule has 0 fully saturated rings. The monoisotopic (exact) mass is 534 g/mol. The molecule has 3 aromatic carbocycles. The minimum absolute atomic E-state index is 0.160. The Labute approximate surface area is 230 Å². The van der Waals surface area contributed by atoms with Crippen LogP contribution in [0.25, 0.3) is 0 Å². The lowest BCUT2D eigenvalue weighted by Gasteiger charge is -2.41. The van der Waals surface area contributed by atoms with Crippen molar-refractivity contribution < 1.29 is 19.1 Å². The molecule has 38 heavy (non-hydrogen) atoms. The van der Waals surface area contributed by atoms with Crippen molar-refractivity contribution in [3.05, 3.63) is 105 Å². The zero-order valence-electron chi connectivity index (χ0n) is 23.1. The van der Waals surface area contributed by atoms with Gasteiger partial charge in [-0.3, -0.25) is 9.59 Å². The van der Waals surface area contributed by atoms with E-state index in [2.05, 4.69) is 0 Å². The van der Waals surface area contributed by atoms with Crippen LogP contribution in [0, 0.1) is 20.8 Å². The number of hydrazine groups is 1. The summed E-state index contributed by atoms with van der Waals surface area (Å²) in [6, 6.07) is 17.8. The van der Waals surface area contributed by atoms with Crippen molar-refractivity contribution in [2.45, 2.75) is 67.0 Å². The number of halogens is 1. The molecule has 0 aliphatic heterocycles. The molecule has 7 heteroatoms. The Kier molecular flexibility index (Phi) is 9.00. The van der Waals surface area contributed by atoms with E-state index in [9.17, 15) is 14.4 Å². The Morgan fingerprint density at radius 1 is 0.789 bits per heavy atom. The minimum Gasteiger partial charge on any atom is -0.443 e. The van der Waals surface area contributed by atoms with Crippen molar-refractivity contribution in [1.29, 1.82) is 0 Å². The molecule has 0 N–H and O–H groups in total. The van der Waals surface area contributed by atoms with Gasteiger partial charge in [0.1, 0.15) is 6.61 Å². The third kappa shape index (κ3) is 6.81. The fourth-order valence-electron chi connectivity index (χ4n) is 4.15. The second kappa shape index (κ2) is 11.8. The van der Waals surface area contributed by atoms with Crippen LogP contribution in [0.5, 0.6) is 0 Å². The van der Waals surface area contributed by atoms with Gasteiger partial charge in [-0.25, -0.2) is 9.80 Å². The van der Waals surface area contributed by atoms with Crippen LogP contribution in [0.3, 0.4) is 0 Å². The Bertz CT molecular complexity index is 1320. The number of carbonyl (C=O) groups is 3. The molecule has 0 radical (unpaired) electrons. The molecule has 0 saturated carbocycles. The Hall–Kier alpha value is -3.64. The van der Waals surface area contributed by atoms with Crippen molar-refractivity contribution in [1.82, 2.24) is 10.0 Å². The maximum atomic E-state index is 13.9. The van der Waals surface area contributed by atoms with Gasteiger partial charge < -0.3 is 4.74 Å². The van der Waals surface area contributed by atoms with Crippen molar-refractivity contribution >= 4 is 29.5 Å². The van der Waals surface area contributed by atoms with Crippen LogP contribution in [-0.2, 0) is 17.8 Å². The quantitative estimate of drug-likeness (QED) is 0.318. The average Bonchev–Trinajstić information content (AvgIpc) is 2.84. The highest BCUT2D eigenvalue weighted by molar-refractivity contribution is 6.31. The number of hydrogen-bond donors (Lipinski definition) is 0. The second-order valence-corrected chi connectivity index (χ2v) is 10.9. The van der Waals surface area contributed by atoms with Crippen molar-refractivity contribution in [2.24, 2.45) is 0 Å². The molecule has 0 bridgehead atoms. The molecule has 0 unspecified atom stereocenters. The van der Waals surface area contributed by atoms with Gasteiger partial charge in [-0.1, -0.05) is 60.0 Å². The molecule has 6 nitrogen and oxygen atoms in total. The summed E-state index contributed by atoms with van der Waals surface area (Å²) in [4.78, 5) is 41.5. The van der Waals surface area contributed by atoms with E-state index in [4.69, 9.17) is 16.3 Å². The van der Waals surface area contributed by atoms with Crippen LogP contribution in [0.1, 0.15) is 76.2 Å². The summed E-state index contributed by atoms with van der Waals surface area (Å²) >= 11 is 6.34. The number of aryl methyl sites for hydroxylation is 4. The standard InChI is InChI=1S/C31H35ClN2O4/c1-8-23-10-13-24(14-11-23)28(35)33(30(37)38-19-25-12-9-20(2)18-27(25)32)34(31(5,6)7)29(36)26-16-21(3)15-22(4)17-26/h9-18H,8,19H2,1-7H3. The predicted octanol–water partition coefficient (Wildman–Crippen LogP) is 7.46. The topological polar surface area (TPSA) is 66.9 Å². The van der Waals surface area contributed by atoms with Gasteiger partial charge in [0.2, 0.25) is 0 Å². The Balaban J connectivity index is 2.07. The molecule has 200 valence electrons. The van der Waals surface area contributed by atoms with Crippen molar-refractivity contribution in [3.63, 3.8) is 0 Å². The summed E-state index contributed by atoms with van der Waals surface area (Å²) in [7, 11) is 0. The van der Waals surface area contributed by atoms with Gasteiger partial charge in [-0.05, 0) is 89.4 Å². The summed E-state index contributed by atoms with van der Waals surface area (Å²) in [6.45, 7) is 12.8. The number of imide groups is 1. The summed E-state index contributed by atoms with van der Waals surface area (Å²) in [5.74, 6) is -1.16. The van der Waals surface area contributed by atoms with E-state index in [1.165, 1.54) is 5.01 Å². The van der Waals surface area contributed by atoms with Crippen LogP contribution in [0.4, 0.5) is 4.79 Å². The third-order valence-electron chi connectivity index (χ3n) is 6.03. The lowest BCUT2D eigenvalue weighted by atomic mass is 10.0. The zero-order chi connectivity index (χ0) is 28.2. The van der Waals surface area contributed by atoms with Gasteiger partial charge in [0.05, 0.1) is 5.54 Å². The van der Waals surface area contributed by atoms with E-state index in [0.717, 1.165) is 33.7 Å². The highest BCUT2D eigenvalue weighted by Gasteiger charge is 2.41. The molecule has 0 aliphatic rings. The Morgan fingerprint density at radius 3 is 1.92 bits per heavy atom. The number of nitrogens with zero attached hydrogens (tertiary/aromatic N) is 2. The van der Waals surface area contributed by atoms with Gasteiger partial charge in [0, 0.05) is 21.7 Å². The average molecular weight is 535 g/mol. The first-order valence-electron chi connectivity index (χ1n) is 12.6. The first-order chi connectivity index (χ1) is 17.8. The lowest BCUT2D eigenvalue weighted by Crippen LogP contribution is -2.60. The molecule has 3 amide bonds. The van der Waals surface area contributed by atoms with Gasteiger partial charge >= 0.3 is 6.09 Å². The first-order valence-corrected chi connectivity index (χ1v) is 13.0. The molecule has 0 atom stereocenters. The van der Waals surface area contributed by atoms with Crippen molar-refractivity contribution in [2.75, 3.05) is 0 Å². The molecule has 0 aromatic heterocycles. The van der Waals surface area contributed by atoms with Gasteiger partial charge in [-0.15, -0.1) is 5.01 Å². The minimum atomic E-state index is -0.973. The normalized spacial score (nSPS) is 11.2. The number of carbonyl (C=O) groups excluding carboxylic acids is 3. The number of amides is 3. The molecule has 0 aliphatic carbocycles. The van der Waals surface area contributed by atoms with Crippen LogP contribution in [0.2, 0.25) is 5.02 Å². The van der Waals surface area contributed by atoms with E-state index >= 15 is 0 Å². The SMILES string of the molecule is CCc1ccc(C(=O)N(C(=O)OCc2ccc(C)cc2Cl)N(C(=O)c2cc(C)cc(C)c2)C(C)(C)C)cc1. The Morgan fingerprint density at radius 2 is 1.39 bits per heavy atom. The highest BCUT2D eigenvalue weighted by Crippen LogP contribution is 2.26.